The molecule has 24 heavy (non-hydrogen) atoms. The van der Waals surface area contributed by atoms with Crippen LogP contribution in [0.5, 0.6) is 0 Å². The maximum Gasteiger partial charge on any atom is 0.407 e. The van der Waals surface area contributed by atoms with Crippen LogP contribution in [-0.4, -0.2) is 52.6 Å². The lowest BCUT2D eigenvalue weighted by Crippen LogP contribution is -2.34. The minimum Gasteiger partial charge on any atom is -0.465 e. The molecule has 0 bridgehead atoms. The third-order valence-electron chi connectivity index (χ3n) is 3.05. The molecule has 1 heterocycles. The minimum absolute atomic E-state index is 0.0654. The van der Waals surface area contributed by atoms with Crippen molar-refractivity contribution in [1.29, 1.82) is 0 Å². The summed E-state index contributed by atoms with van der Waals surface area (Å²) >= 11 is 0. The Bertz CT molecular complexity index is 570. The van der Waals surface area contributed by atoms with E-state index in [1.807, 2.05) is 0 Å². The first-order valence-electron chi connectivity index (χ1n) is 7.51. The Morgan fingerprint density at radius 1 is 1.33 bits per heavy atom. The molecule has 8 nitrogen and oxygen atoms in total. The highest BCUT2D eigenvalue weighted by Crippen LogP contribution is 2.22. The van der Waals surface area contributed by atoms with Gasteiger partial charge in [-0.3, -0.25) is 4.98 Å². The predicted octanol–water partition coefficient (Wildman–Crippen LogP) is 1.18. The number of methoxy groups -OCH3 is 1. The predicted molar refractivity (Wildman–Crippen MR) is 85.4 cm³/mol. The number of hydrogen-bond acceptors (Lipinski definition) is 7. The van der Waals surface area contributed by atoms with E-state index in [9.17, 15) is 19.8 Å². The van der Waals surface area contributed by atoms with E-state index in [4.69, 9.17) is 4.74 Å². The smallest absolute Gasteiger partial charge is 0.407 e. The largest absolute Gasteiger partial charge is 0.465 e. The van der Waals surface area contributed by atoms with Gasteiger partial charge >= 0.3 is 12.1 Å². The van der Waals surface area contributed by atoms with Gasteiger partial charge in [-0.1, -0.05) is 0 Å². The number of hydrogen-bond donors (Lipinski definition) is 3. The number of alkyl carbamates (subject to hydrolysis) is 1. The lowest BCUT2D eigenvalue weighted by atomic mass is 9.99. The van der Waals surface area contributed by atoms with Gasteiger partial charge in [0.1, 0.15) is 11.7 Å². The molecule has 2 atom stereocenters. The maximum atomic E-state index is 11.7. The molecule has 1 amide bonds. The molecule has 0 aliphatic heterocycles. The van der Waals surface area contributed by atoms with Gasteiger partial charge in [0, 0.05) is 24.5 Å². The van der Waals surface area contributed by atoms with Crippen molar-refractivity contribution >= 4 is 12.1 Å². The zero-order chi connectivity index (χ0) is 18.3. The van der Waals surface area contributed by atoms with Gasteiger partial charge < -0.3 is 25.0 Å². The van der Waals surface area contributed by atoms with Crippen molar-refractivity contribution < 1.29 is 29.3 Å². The second-order valence-electron chi connectivity index (χ2n) is 6.18. The quantitative estimate of drug-likeness (QED) is 0.665. The van der Waals surface area contributed by atoms with Gasteiger partial charge in [-0.15, -0.1) is 0 Å². The number of carbonyl (C=O) groups excluding carboxylic acids is 2. The first-order chi connectivity index (χ1) is 11.2. The molecule has 0 saturated carbocycles. The van der Waals surface area contributed by atoms with Crippen LogP contribution < -0.4 is 5.32 Å². The molecule has 0 aromatic carbocycles. The SMILES string of the molecule is COC(=O)c1ccncc1C(O)C(O)CCNC(=O)OC(C)(C)C. The van der Waals surface area contributed by atoms with E-state index in [1.54, 1.807) is 20.8 Å². The number of rotatable bonds is 6. The Balaban J connectivity index is 2.61. The lowest BCUT2D eigenvalue weighted by Gasteiger charge is -2.21. The average Bonchev–Trinajstić information content (AvgIpc) is 2.51. The van der Waals surface area contributed by atoms with E-state index < -0.39 is 29.9 Å². The van der Waals surface area contributed by atoms with E-state index in [1.165, 1.54) is 25.6 Å². The van der Waals surface area contributed by atoms with Crippen molar-refractivity contribution in [2.24, 2.45) is 0 Å². The summed E-state index contributed by atoms with van der Waals surface area (Å²) in [5.74, 6) is -0.634. The molecule has 1 rings (SSSR count). The number of aliphatic hydroxyl groups is 2. The molecule has 0 saturated heterocycles. The molecule has 1 aromatic heterocycles. The van der Waals surface area contributed by atoms with Crippen molar-refractivity contribution in [3.05, 3.63) is 29.6 Å². The van der Waals surface area contributed by atoms with Gasteiger partial charge in [0.2, 0.25) is 0 Å². The molecular weight excluding hydrogens is 316 g/mol. The number of amides is 1. The van der Waals surface area contributed by atoms with Gasteiger partial charge in [-0.25, -0.2) is 9.59 Å². The van der Waals surface area contributed by atoms with Crippen LogP contribution >= 0.6 is 0 Å². The molecule has 8 heteroatoms. The normalized spacial score (nSPS) is 13.8. The van der Waals surface area contributed by atoms with E-state index in [0.29, 0.717) is 0 Å². The summed E-state index contributed by atoms with van der Waals surface area (Å²) in [5.41, 5.74) is -0.332. The molecule has 0 aliphatic rings. The molecule has 0 spiro atoms. The summed E-state index contributed by atoms with van der Waals surface area (Å²) in [7, 11) is 1.22. The Morgan fingerprint density at radius 3 is 2.58 bits per heavy atom. The number of aliphatic hydroxyl groups excluding tert-OH is 2. The van der Waals surface area contributed by atoms with Crippen molar-refractivity contribution in [2.45, 2.75) is 45.0 Å². The number of nitrogens with one attached hydrogen (secondary N) is 1. The molecule has 0 radical (unpaired) electrons. The Morgan fingerprint density at radius 2 is 2.00 bits per heavy atom. The molecule has 3 N–H and O–H groups in total. The standard InChI is InChI=1S/C16H24N2O6/c1-16(2,3)24-15(22)18-8-6-12(19)13(20)11-9-17-7-5-10(11)14(21)23-4/h5,7,9,12-13,19-20H,6,8H2,1-4H3,(H,18,22). The van der Waals surface area contributed by atoms with Crippen LogP contribution in [0.3, 0.4) is 0 Å². The van der Waals surface area contributed by atoms with Gasteiger partial charge in [0.05, 0.1) is 18.8 Å². The zero-order valence-electron chi connectivity index (χ0n) is 14.3. The molecule has 2 unspecified atom stereocenters. The molecule has 1 aromatic rings. The van der Waals surface area contributed by atoms with Gasteiger partial charge in [-0.2, -0.15) is 0 Å². The van der Waals surface area contributed by atoms with E-state index in [-0.39, 0.29) is 24.1 Å². The van der Waals surface area contributed by atoms with Crippen molar-refractivity contribution in [3.63, 3.8) is 0 Å². The number of carbonyl (C=O) groups is 2. The van der Waals surface area contributed by atoms with E-state index in [0.717, 1.165) is 0 Å². The third kappa shape index (κ3) is 6.13. The summed E-state index contributed by atoms with van der Waals surface area (Å²) in [6.45, 7) is 5.31. The Labute approximate surface area is 140 Å². The summed E-state index contributed by atoms with van der Waals surface area (Å²) in [5, 5.41) is 22.8. The first kappa shape index (κ1) is 19.9. The number of pyridine rings is 1. The zero-order valence-corrected chi connectivity index (χ0v) is 14.3. The number of ether oxygens (including phenoxy) is 2. The van der Waals surface area contributed by atoms with Crippen LogP contribution in [0, 0.1) is 0 Å². The summed E-state index contributed by atoms with van der Waals surface area (Å²) in [6, 6.07) is 1.40. The van der Waals surface area contributed by atoms with Gasteiger partial charge in [0.25, 0.3) is 0 Å². The topological polar surface area (TPSA) is 118 Å². The Kier molecular flexibility index (Phi) is 7.12. The number of aromatic nitrogens is 1. The van der Waals surface area contributed by atoms with Crippen LogP contribution in [0.4, 0.5) is 4.79 Å². The third-order valence-corrected chi connectivity index (χ3v) is 3.05. The monoisotopic (exact) mass is 340 g/mol. The fourth-order valence-corrected chi connectivity index (χ4v) is 1.94. The van der Waals surface area contributed by atoms with Crippen LogP contribution in [0.25, 0.3) is 0 Å². The van der Waals surface area contributed by atoms with E-state index >= 15 is 0 Å². The summed E-state index contributed by atoms with van der Waals surface area (Å²) in [4.78, 5) is 27.0. The summed E-state index contributed by atoms with van der Waals surface area (Å²) in [6.07, 6.45) is -0.405. The first-order valence-corrected chi connectivity index (χ1v) is 7.51. The summed E-state index contributed by atoms with van der Waals surface area (Å²) < 4.78 is 9.70. The van der Waals surface area contributed by atoms with Crippen molar-refractivity contribution in [2.75, 3.05) is 13.7 Å². The molecule has 0 fully saturated rings. The number of esters is 1. The van der Waals surface area contributed by atoms with Crippen LogP contribution in [0.2, 0.25) is 0 Å². The second-order valence-corrected chi connectivity index (χ2v) is 6.18. The lowest BCUT2D eigenvalue weighted by molar-refractivity contribution is 0.0111. The van der Waals surface area contributed by atoms with Crippen molar-refractivity contribution in [1.82, 2.24) is 10.3 Å². The maximum absolute atomic E-state index is 11.7. The van der Waals surface area contributed by atoms with E-state index in [2.05, 4.69) is 15.0 Å². The second kappa shape index (κ2) is 8.60. The molecule has 0 aliphatic carbocycles. The highest BCUT2D eigenvalue weighted by Gasteiger charge is 2.24. The Hall–Kier alpha value is -2.19. The van der Waals surface area contributed by atoms with Crippen LogP contribution in [-0.2, 0) is 9.47 Å². The average molecular weight is 340 g/mol. The highest BCUT2D eigenvalue weighted by atomic mass is 16.6. The fourth-order valence-electron chi connectivity index (χ4n) is 1.94. The van der Waals surface area contributed by atoms with Crippen LogP contribution in [0.15, 0.2) is 18.5 Å². The highest BCUT2D eigenvalue weighted by molar-refractivity contribution is 5.90. The van der Waals surface area contributed by atoms with Gasteiger partial charge in [0.15, 0.2) is 0 Å². The molecule has 134 valence electrons. The molecular formula is C16H24N2O6. The fraction of sp³-hybridized carbons (Fsp3) is 0.562. The van der Waals surface area contributed by atoms with Gasteiger partial charge in [-0.05, 0) is 33.3 Å². The van der Waals surface area contributed by atoms with Crippen LogP contribution in [0.1, 0.15) is 49.2 Å². The number of nitrogens with zero attached hydrogens (tertiary/aromatic N) is 1. The minimum atomic E-state index is -1.34. The van der Waals surface area contributed by atoms with Crippen molar-refractivity contribution in [3.8, 4) is 0 Å².